The van der Waals surface area contributed by atoms with Gasteiger partial charge in [0.05, 0.1) is 24.2 Å². The summed E-state index contributed by atoms with van der Waals surface area (Å²) in [5.74, 6) is -0.402. The highest BCUT2D eigenvalue weighted by molar-refractivity contribution is 7.91. The quantitative estimate of drug-likeness (QED) is 0.699. The molecule has 0 spiro atoms. The molecule has 15 heavy (non-hydrogen) atoms. The summed E-state index contributed by atoms with van der Waals surface area (Å²) in [5.41, 5.74) is 5.48. The van der Waals surface area contributed by atoms with Crippen molar-refractivity contribution in [2.75, 3.05) is 24.7 Å². The Morgan fingerprint density at radius 1 is 1.53 bits per heavy atom. The molecule has 2 fully saturated rings. The van der Waals surface area contributed by atoms with Crippen molar-refractivity contribution in [1.29, 1.82) is 0 Å². The lowest BCUT2D eigenvalue weighted by atomic mass is 10.00. The molecule has 0 saturated carbocycles. The van der Waals surface area contributed by atoms with Gasteiger partial charge in [0.1, 0.15) is 0 Å². The largest absolute Gasteiger partial charge is 0.347 e. The molecule has 88 valence electrons. The van der Waals surface area contributed by atoms with Crippen LogP contribution in [0.2, 0.25) is 0 Å². The van der Waals surface area contributed by atoms with Gasteiger partial charge in [0.15, 0.2) is 15.6 Å². The zero-order valence-corrected chi connectivity index (χ0v) is 9.63. The van der Waals surface area contributed by atoms with E-state index < -0.39 is 15.6 Å². The van der Waals surface area contributed by atoms with E-state index in [1.165, 1.54) is 0 Å². The number of nitrogens with two attached hydrogens (primary N) is 1. The van der Waals surface area contributed by atoms with E-state index in [0.29, 0.717) is 19.6 Å². The molecule has 0 aromatic carbocycles. The molecule has 2 N–H and O–H groups in total. The average molecular weight is 235 g/mol. The van der Waals surface area contributed by atoms with E-state index in [0.717, 1.165) is 0 Å². The van der Waals surface area contributed by atoms with Crippen molar-refractivity contribution in [3.63, 3.8) is 0 Å². The van der Waals surface area contributed by atoms with E-state index in [-0.39, 0.29) is 23.5 Å². The summed E-state index contributed by atoms with van der Waals surface area (Å²) in [6, 6.07) is 0. The monoisotopic (exact) mass is 235 g/mol. The highest BCUT2D eigenvalue weighted by Crippen LogP contribution is 2.37. The summed E-state index contributed by atoms with van der Waals surface area (Å²) >= 11 is 0. The minimum Gasteiger partial charge on any atom is -0.347 e. The van der Waals surface area contributed by atoms with Crippen molar-refractivity contribution in [2.45, 2.75) is 25.2 Å². The smallest absolute Gasteiger partial charge is 0.169 e. The molecule has 0 bridgehead atoms. The lowest BCUT2D eigenvalue weighted by Crippen LogP contribution is -2.38. The van der Waals surface area contributed by atoms with Crippen molar-refractivity contribution in [3.8, 4) is 0 Å². The topological polar surface area (TPSA) is 78.6 Å². The molecule has 0 radical (unpaired) electrons. The highest BCUT2D eigenvalue weighted by atomic mass is 32.2. The van der Waals surface area contributed by atoms with Gasteiger partial charge in [-0.15, -0.1) is 0 Å². The Labute approximate surface area is 89.8 Å². The van der Waals surface area contributed by atoms with E-state index in [1.807, 2.05) is 6.92 Å². The van der Waals surface area contributed by atoms with Gasteiger partial charge in [0.25, 0.3) is 0 Å². The number of hydrogen-bond donors (Lipinski definition) is 1. The van der Waals surface area contributed by atoms with Crippen LogP contribution in [-0.4, -0.2) is 45.0 Å². The van der Waals surface area contributed by atoms with E-state index in [2.05, 4.69) is 0 Å². The third-order valence-corrected chi connectivity index (χ3v) is 4.96. The summed E-state index contributed by atoms with van der Waals surface area (Å²) in [4.78, 5) is 0. The van der Waals surface area contributed by atoms with Gasteiger partial charge < -0.3 is 15.2 Å². The first-order valence-corrected chi connectivity index (χ1v) is 6.99. The Balaban J connectivity index is 2.06. The number of ether oxygens (including phenoxy) is 2. The standard InChI is InChI=1S/C9H17NO4S/c1-9(13-5-8(4-10)14-9)7-2-3-15(11,12)6-7/h7-8H,2-6,10H2,1H3. The molecule has 0 aliphatic carbocycles. The van der Waals surface area contributed by atoms with Crippen LogP contribution in [0.15, 0.2) is 0 Å². The van der Waals surface area contributed by atoms with Crippen molar-refractivity contribution in [1.82, 2.24) is 0 Å². The molecule has 6 heteroatoms. The van der Waals surface area contributed by atoms with Crippen molar-refractivity contribution in [3.05, 3.63) is 0 Å². The molecule has 5 nitrogen and oxygen atoms in total. The Hall–Kier alpha value is -0.170. The number of sulfone groups is 1. The Morgan fingerprint density at radius 3 is 2.73 bits per heavy atom. The second-order valence-electron chi connectivity index (χ2n) is 4.40. The van der Waals surface area contributed by atoms with Gasteiger partial charge in [-0.2, -0.15) is 0 Å². The van der Waals surface area contributed by atoms with Gasteiger partial charge in [-0.1, -0.05) is 0 Å². The lowest BCUT2D eigenvalue weighted by molar-refractivity contribution is -0.184. The van der Waals surface area contributed by atoms with Crippen LogP contribution in [0.4, 0.5) is 0 Å². The molecule has 2 aliphatic heterocycles. The molecule has 2 saturated heterocycles. The summed E-state index contributed by atoms with van der Waals surface area (Å²) in [6.45, 7) is 2.69. The van der Waals surface area contributed by atoms with Crippen LogP contribution < -0.4 is 5.73 Å². The van der Waals surface area contributed by atoms with Crippen LogP contribution >= 0.6 is 0 Å². The van der Waals surface area contributed by atoms with E-state index in [4.69, 9.17) is 15.2 Å². The SMILES string of the molecule is CC1(C2CCS(=O)(=O)C2)OCC(CN)O1. The third kappa shape index (κ3) is 2.18. The predicted octanol–water partition coefficient (Wildman–Crippen LogP) is -0.489. The van der Waals surface area contributed by atoms with E-state index >= 15 is 0 Å². The predicted molar refractivity (Wildman–Crippen MR) is 55.0 cm³/mol. The molecule has 2 rings (SSSR count). The Bertz CT molecular complexity index is 342. The van der Waals surface area contributed by atoms with Crippen LogP contribution in [0.25, 0.3) is 0 Å². The minimum atomic E-state index is -2.89. The summed E-state index contributed by atoms with van der Waals surface area (Å²) < 4.78 is 33.9. The first-order chi connectivity index (χ1) is 6.95. The molecular formula is C9H17NO4S. The molecule has 3 atom stereocenters. The van der Waals surface area contributed by atoms with Gasteiger partial charge >= 0.3 is 0 Å². The van der Waals surface area contributed by atoms with Gasteiger partial charge in [0, 0.05) is 12.5 Å². The number of hydrogen-bond acceptors (Lipinski definition) is 5. The van der Waals surface area contributed by atoms with Crippen LogP contribution in [0.5, 0.6) is 0 Å². The van der Waals surface area contributed by atoms with Gasteiger partial charge in [-0.3, -0.25) is 0 Å². The number of rotatable bonds is 2. The van der Waals surface area contributed by atoms with Crippen molar-refractivity contribution >= 4 is 9.84 Å². The van der Waals surface area contributed by atoms with E-state index in [1.54, 1.807) is 0 Å². The zero-order chi connectivity index (χ0) is 11.1. The molecule has 0 aromatic rings. The van der Waals surface area contributed by atoms with E-state index in [9.17, 15) is 8.42 Å². The maximum Gasteiger partial charge on any atom is 0.169 e. The molecular weight excluding hydrogens is 218 g/mol. The zero-order valence-electron chi connectivity index (χ0n) is 8.81. The van der Waals surface area contributed by atoms with Crippen molar-refractivity contribution < 1.29 is 17.9 Å². The first-order valence-electron chi connectivity index (χ1n) is 5.17. The fourth-order valence-electron chi connectivity index (χ4n) is 2.20. The van der Waals surface area contributed by atoms with Crippen LogP contribution in [0.1, 0.15) is 13.3 Å². The summed E-state index contributed by atoms with van der Waals surface area (Å²) in [7, 11) is -2.89. The minimum absolute atomic E-state index is 0.0564. The Morgan fingerprint density at radius 2 is 2.27 bits per heavy atom. The van der Waals surface area contributed by atoms with Gasteiger partial charge in [-0.25, -0.2) is 8.42 Å². The molecule has 2 heterocycles. The fourth-order valence-corrected chi connectivity index (χ4v) is 4.09. The van der Waals surface area contributed by atoms with Crippen molar-refractivity contribution in [2.24, 2.45) is 11.7 Å². The van der Waals surface area contributed by atoms with Gasteiger partial charge in [-0.05, 0) is 13.3 Å². The molecule has 0 aromatic heterocycles. The average Bonchev–Trinajstić information content (AvgIpc) is 2.70. The fraction of sp³-hybridized carbons (Fsp3) is 1.00. The lowest BCUT2D eigenvalue weighted by Gasteiger charge is -2.28. The summed E-state index contributed by atoms with van der Waals surface area (Å²) in [6.07, 6.45) is 0.522. The second kappa shape index (κ2) is 3.69. The highest BCUT2D eigenvalue weighted by Gasteiger charge is 2.47. The molecule has 2 aliphatic rings. The van der Waals surface area contributed by atoms with Crippen LogP contribution in [-0.2, 0) is 19.3 Å². The maximum atomic E-state index is 11.4. The first kappa shape index (κ1) is 11.3. The van der Waals surface area contributed by atoms with Gasteiger partial charge in [0.2, 0.25) is 0 Å². The normalized spacial score (nSPS) is 44.7. The Kier molecular flexibility index (Phi) is 2.79. The molecule has 3 unspecified atom stereocenters. The maximum absolute atomic E-state index is 11.4. The molecule has 0 amide bonds. The van der Waals surface area contributed by atoms with Crippen LogP contribution in [0, 0.1) is 5.92 Å². The third-order valence-electron chi connectivity index (χ3n) is 3.19. The van der Waals surface area contributed by atoms with Crippen LogP contribution in [0.3, 0.4) is 0 Å². The second-order valence-corrected chi connectivity index (χ2v) is 6.63. The summed E-state index contributed by atoms with van der Waals surface area (Å²) in [5, 5.41) is 0.